The van der Waals surface area contributed by atoms with Crippen molar-refractivity contribution in [2.75, 3.05) is 7.11 Å². The summed E-state index contributed by atoms with van der Waals surface area (Å²) < 4.78 is 4.98. The first-order chi connectivity index (χ1) is 6.69. The molecule has 0 aromatic carbocycles. The molecule has 0 aliphatic rings. The lowest BCUT2D eigenvalue weighted by molar-refractivity contribution is 0.182. The van der Waals surface area contributed by atoms with Crippen molar-refractivity contribution in [3.05, 3.63) is 23.4 Å². The quantitative estimate of drug-likeness (QED) is 0.784. The van der Waals surface area contributed by atoms with Crippen LogP contribution in [0.4, 0.5) is 0 Å². The van der Waals surface area contributed by atoms with E-state index in [0.29, 0.717) is 11.4 Å². The molecule has 0 saturated carbocycles. The van der Waals surface area contributed by atoms with Gasteiger partial charge < -0.3 is 9.84 Å². The highest BCUT2D eigenvalue weighted by atomic mass is 16.5. The lowest BCUT2D eigenvalue weighted by Gasteiger charge is -2.09. The molecule has 4 nitrogen and oxygen atoms in total. The van der Waals surface area contributed by atoms with Crippen molar-refractivity contribution in [3.63, 3.8) is 0 Å². The van der Waals surface area contributed by atoms with Gasteiger partial charge in [-0.25, -0.2) is 4.98 Å². The van der Waals surface area contributed by atoms with Gasteiger partial charge in [-0.05, 0) is 13.0 Å². The number of hydrogen-bond acceptors (Lipinski definition) is 4. The fraction of sp³-hybridized carbons (Fsp3) is 0.400. The van der Waals surface area contributed by atoms with Crippen molar-refractivity contribution in [2.24, 2.45) is 0 Å². The summed E-state index contributed by atoms with van der Waals surface area (Å²) in [4.78, 5) is 4.01. The van der Waals surface area contributed by atoms with Gasteiger partial charge in [-0.15, -0.1) is 0 Å². The summed E-state index contributed by atoms with van der Waals surface area (Å²) >= 11 is 0. The Labute approximate surface area is 82.8 Å². The van der Waals surface area contributed by atoms with E-state index in [-0.39, 0.29) is 6.42 Å². The maximum absolute atomic E-state index is 9.51. The van der Waals surface area contributed by atoms with Gasteiger partial charge in [0.25, 0.3) is 0 Å². The van der Waals surface area contributed by atoms with Crippen LogP contribution in [0.25, 0.3) is 0 Å². The number of aliphatic hydroxyl groups excluding tert-OH is 1. The van der Waals surface area contributed by atoms with Crippen molar-refractivity contribution in [3.8, 4) is 11.9 Å². The van der Waals surface area contributed by atoms with Crippen LogP contribution < -0.4 is 4.74 Å². The third-order valence-corrected chi connectivity index (χ3v) is 1.91. The minimum absolute atomic E-state index is 0.0768. The first kappa shape index (κ1) is 10.5. The van der Waals surface area contributed by atoms with Crippen LogP contribution in [-0.4, -0.2) is 17.2 Å². The van der Waals surface area contributed by atoms with E-state index in [1.807, 2.05) is 13.0 Å². The second-order valence-corrected chi connectivity index (χ2v) is 2.97. The second-order valence-electron chi connectivity index (χ2n) is 2.97. The zero-order chi connectivity index (χ0) is 10.6. The van der Waals surface area contributed by atoms with Crippen LogP contribution in [0.3, 0.4) is 0 Å². The lowest BCUT2D eigenvalue weighted by Crippen LogP contribution is -1.99. The number of ether oxygens (including phenoxy) is 1. The van der Waals surface area contributed by atoms with Crippen molar-refractivity contribution in [2.45, 2.75) is 19.4 Å². The Morgan fingerprint density at radius 1 is 1.71 bits per heavy atom. The van der Waals surface area contributed by atoms with Crippen molar-refractivity contribution >= 4 is 0 Å². The molecule has 0 aliphatic heterocycles. The minimum Gasteiger partial charge on any atom is -0.481 e. The van der Waals surface area contributed by atoms with E-state index in [1.54, 1.807) is 13.2 Å². The Balaban J connectivity index is 2.92. The van der Waals surface area contributed by atoms with Gasteiger partial charge in [-0.2, -0.15) is 5.26 Å². The van der Waals surface area contributed by atoms with E-state index in [1.165, 1.54) is 6.20 Å². The van der Waals surface area contributed by atoms with Gasteiger partial charge in [0.15, 0.2) is 0 Å². The third kappa shape index (κ3) is 2.21. The second kappa shape index (κ2) is 4.58. The van der Waals surface area contributed by atoms with E-state index in [2.05, 4.69) is 4.98 Å². The molecule has 0 amide bonds. The zero-order valence-corrected chi connectivity index (χ0v) is 8.19. The molecule has 1 aromatic rings. The minimum atomic E-state index is -0.767. The highest BCUT2D eigenvalue weighted by Gasteiger charge is 2.09. The molecular weight excluding hydrogens is 180 g/mol. The normalized spacial score (nSPS) is 11.9. The van der Waals surface area contributed by atoms with Crippen LogP contribution in [0.1, 0.15) is 23.7 Å². The highest BCUT2D eigenvalue weighted by Crippen LogP contribution is 2.20. The maximum atomic E-state index is 9.51. The molecule has 1 N–H and O–H groups in total. The fourth-order valence-electron chi connectivity index (χ4n) is 1.18. The number of nitrogens with zero attached hydrogens (tertiary/aromatic N) is 2. The summed E-state index contributed by atoms with van der Waals surface area (Å²) in [5, 5.41) is 17.9. The number of methoxy groups -OCH3 is 1. The van der Waals surface area contributed by atoms with Gasteiger partial charge in [0.05, 0.1) is 25.7 Å². The Hall–Kier alpha value is -1.60. The maximum Gasteiger partial charge on any atom is 0.215 e. The van der Waals surface area contributed by atoms with Crippen molar-refractivity contribution in [1.82, 2.24) is 4.98 Å². The van der Waals surface area contributed by atoms with Gasteiger partial charge in [-0.3, -0.25) is 0 Å². The molecule has 0 fully saturated rings. The zero-order valence-electron chi connectivity index (χ0n) is 8.19. The predicted molar refractivity (Wildman–Crippen MR) is 50.7 cm³/mol. The largest absolute Gasteiger partial charge is 0.481 e. The fourth-order valence-corrected chi connectivity index (χ4v) is 1.18. The predicted octanol–water partition coefficient (Wildman–Crippen LogP) is 1.35. The SMILES string of the molecule is COc1ncc(C(O)CC#N)cc1C. The first-order valence-electron chi connectivity index (χ1n) is 4.24. The molecule has 1 rings (SSSR count). The van der Waals surface area contributed by atoms with E-state index in [0.717, 1.165) is 5.56 Å². The molecule has 0 saturated heterocycles. The van der Waals surface area contributed by atoms with Crippen molar-refractivity contribution < 1.29 is 9.84 Å². The Morgan fingerprint density at radius 2 is 2.43 bits per heavy atom. The summed E-state index contributed by atoms with van der Waals surface area (Å²) in [6.07, 6.45) is 0.832. The highest BCUT2D eigenvalue weighted by molar-refractivity contribution is 5.29. The molecule has 4 heteroatoms. The van der Waals surface area contributed by atoms with Crippen LogP contribution in [0, 0.1) is 18.3 Å². The summed E-state index contributed by atoms with van der Waals surface area (Å²) in [6, 6.07) is 3.68. The topological polar surface area (TPSA) is 66.1 Å². The number of nitriles is 1. The number of pyridine rings is 1. The van der Waals surface area contributed by atoms with Gasteiger partial charge in [0.1, 0.15) is 0 Å². The van der Waals surface area contributed by atoms with E-state index in [4.69, 9.17) is 10.00 Å². The molecule has 1 aromatic heterocycles. The van der Waals surface area contributed by atoms with Crippen LogP contribution in [0.2, 0.25) is 0 Å². The standard InChI is InChI=1S/C10H12N2O2/c1-7-5-8(9(13)3-4-11)6-12-10(7)14-2/h5-6,9,13H,3H2,1-2H3. The molecule has 1 atom stereocenters. The van der Waals surface area contributed by atoms with Crippen molar-refractivity contribution in [1.29, 1.82) is 5.26 Å². The summed E-state index contributed by atoms with van der Waals surface area (Å²) in [6.45, 7) is 1.84. The number of rotatable bonds is 3. The van der Waals surface area contributed by atoms with E-state index < -0.39 is 6.10 Å². The van der Waals surface area contributed by atoms with Gasteiger partial charge in [-0.1, -0.05) is 0 Å². The lowest BCUT2D eigenvalue weighted by atomic mass is 10.1. The third-order valence-electron chi connectivity index (χ3n) is 1.91. The molecule has 74 valence electrons. The molecule has 1 unspecified atom stereocenters. The van der Waals surface area contributed by atoms with Crippen LogP contribution in [0.15, 0.2) is 12.3 Å². The number of hydrogen-bond donors (Lipinski definition) is 1. The Morgan fingerprint density at radius 3 is 2.93 bits per heavy atom. The average molecular weight is 192 g/mol. The summed E-state index contributed by atoms with van der Waals surface area (Å²) in [5.74, 6) is 0.540. The van der Waals surface area contributed by atoms with Crippen LogP contribution in [-0.2, 0) is 0 Å². The molecule has 14 heavy (non-hydrogen) atoms. The molecule has 0 bridgehead atoms. The smallest absolute Gasteiger partial charge is 0.215 e. The van der Waals surface area contributed by atoms with Gasteiger partial charge in [0, 0.05) is 17.3 Å². The van der Waals surface area contributed by atoms with Gasteiger partial charge in [0.2, 0.25) is 5.88 Å². The monoisotopic (exact) mass is 192 g/mol. The molecular formula is C10H12N2O2. The van der Waals surface area contributed by atoms with Crippen LogP contribution in [0.5, 0.6) is 5.88 Å². The summed E-state index contributed by atoms with van der Waals surface area (Å²) in [7, 11) is 1.54. The molecule has 1 heterocycles. The van der Waals surface area contributed by atoms with E-state index >= 15 is 0 Å². The molecule has 0 spiro atoms. The Bertz CT molecular complexity index is 358. The van der Waals surface area contributed by atoms with Gasteiger partial charge >= 0.3 is 0 Å². The number of aryl methyl sites for hydroxylation is 1. The number of aliphatic hydroxyl groups is 1. The van der Waals surface area contributed by atoms with E-state index in [9.17, 15) is 5.11 Å². The Kier molecular flexibility index (Phi) is 3.43. The van der Waals surface area contributed by atoms with Crippen LogP contribution >= 0.6 is 0 Å². The molecule has 0 aliphatic carbocycles. The average Bonchev–Trinajstić information content (AvgIpc) is 2.18. The molecule has 0 radical (unpaired) electrons. The number of aromatic nitrogens is 1. The first-order valence-corrected chi connectivity index (χ1v) is 4.24. The summed E-state index contributed by atoms with van der Waals surface area (Å²) in [5.41, 5.74) is 1.49.